The van der Waals surface area contributed by atoms with Crippen LogP contribution in [0.25, 0.3) is 0 Å². The van der Waals surface area contributed by atoms with Gasteiger partial charge in [-0.2, -0.15) is 0 Å². The average Bonchev–Trinajstić information content (AvgIpc) is 2.34. The first-order valence-electron chi connectivity index (χ1n) is 6.08. The summed E-state index contributed by atoms with van der Waals surface area (Å²) in [4.78, 5) is 33.6. The van der Waals surface area contributed by atoms with E-state index in [0.717, 1.165) is 6.07 Å². The number of hydrogen-bond donors (Lipinski definition) is 0. The van der Waals surface area contributed by atoms with E-state index < -0.39 is 16.3 Å². The largest absolute Gasteiger partial charge is 0.454 e. The van der Waals surface area contributed by atoms with Crippen LogP contribution >= 0.6 is 0 Å². The van der Waals surface area contributed by atoms with E-state index in [1.165, 1.54) is 12.1 Å². The van der Waals surface area contributed by atoms with Crippen LogP contribution in [0.4, 0.5) is 5.69 Å². The van der Waals surface area contributed by atoms with E-state index in [1.807, 2.05) is 0 Å². The van der Waals surface area contributed by atoms with Crippen molar-refractivity contribution < 1.29 is 19.2 Å². The molecule has 1 rings (SSSR count). The maximum Gasteiger partial charge on any atom is 0.338 e. The number of Topliss-reactive ketones (excluding diaryl/α,β-unsaturated/α-hetero) is 1. The second-order valence-corrected chi connectivity index (χ2v) is 5.51. The number of esters is 1. The number of ether oxygens (including phenoxy) is 1. The molecule has 20 heavy (non-hydrogen) atoms. The molecule has 0 bridgehead atoms. The van der Waals surface area contributed by atoms with Gasteiger partial charge in [0.1, 0.15) is 0 Å². The van der Waals surface area contributed by atoms with E-state index in [1.54, 1.807) is 27.7 Å². The highest BCUT2D eigenvalue weighted by Gasteiger charge is 2.23. The van der Waals surface area contributed by atoms with Crippen LogP contribution in [-0.4, -0.2) is 23.3 Å². The van der Waals surface area contributed by atoms with Gasteiger partial charge in [0.25, 0.3) is 5.69 Å². The Labute approximate surface area is 116 Å². The minimum Gasteiger partial charge on any atom is -0.454 e. The van der Waals surface area contributed by atoms with E-state index in [9.17, 15) is 19.7 Å². The first-order chi connectivity index (χ1) is 9.12. The summed E-state index contributed by atoms with van der Waals surface area (Å²) >= 11 is 0. The summed E-state index contributed by atoms with van der Waals surface area (Å²) in [6.07, 6.45) is 0. The lowest BCUT2D eigenvalue weighted by atomic mass is 9.91. The van der Waals surface area contributed by atoms with Crippen LogP contribution in [0.1, 0.15) is 36.7 Å². The molecule has 0 radical (unpaired) electrons. The van der Waals surface area contributed by atoms with Crippen molar-refractivity contribution in [1.82, 2.24) is 0 Å². The van der Waals surface area contributed by atoms with Gasteiger partial charge >= 0.3 is 5.97 Å². The van der Waals surface area contributed by atoms with Gasteiger partial charge in [-0.25, -0.2) is 4.79 Å². The highest BCUT2D eigenvalue weighted by Crippen LogP contribution is 2.20. The molecule has 108 valence electrons. The summed E-state index contributed by atoms with van der Waals surface area (Å²) in [5.41, 5.74) is -0.234. The van der Waals surface area contributed by atoms with Crippen molar-refractivity contribution >= 4 is 17.4 Å². The Hall–Kier alpha value is -2.24. The van der Waals surface area contributed by atoms with Crippen LogP contribution in [-0.2, 0) is 9.53 Å². The third kappa shape index (κ3) is 3.88. The Morgan fingerprint density at radius 3 is 2.40 bits per heavy atom. The number of ketones is 1. The predicted molar refractivity (Wildman–Crippen MR) is 72.6 cm³/mol. The number of nitro benzene ring substituents is 1. The number of carbonyl (C=O) groups is 2. The fraction of sp³-hybridized carbons (Fsp3) is 0.429. The summed E-state index contributed by atoms with van der Waals surface area (Å²) in [6, 6.07) is 4.06. The molecule has 1 aromatic rings. The molecular formula is C14H17NO5. The van der Waals surface area contributed by atoms with Gasteiger partial charge in [-0.3, -0.25) is 14.9 Å². The van der Waals surface area contributed by atoms with Crippen LogP contribution < -0.4 is 0 Å². The molecule has 0 aliphatic heterocycles. The summed E-state index contributed by atoms with van der Waals surface area (Å²) in [6.45, 7) is 6.40. The average molecular weight is 279 g/mol. The van der Waals surface area contributed by atoms with E-state index in [2.05, 4.69) is 0 Å². The van der Waals surface area contributed by atoms with Gasteiger partial charge in [-0.1, -0.05) is 26.8 Å². The fourth-order valence-corrected chi connectivity index (χ4v) is 1.36. The third-order valence-corrected chi connectivity index (χ3v) is 2.81. The Balaban J connectivity index is 2.81. The maximum absolute atomic E-state index is 11.8. The topological polar surface area (TPSA) is 86.5 Å². The molecule has 0 atom stereocenters. The molecule has 1 aromatic carbocycles. The second-order valence-electron chi connectivity index (χ2n) is 5.51. The molecule has 0 aliphatic rings. The van der Waals surface area contributed by atoms with Gasteiger partial charge in [0.15, 0.2) is 12.4 Å². The maximum atomic E-state index is 11.8. The number of hydrogen-bond acceptors (Lipinski definition) is 5. The van der Waals surface area contributed by atoms with Crippen LogP contribution in [0.3, 0.4) is 0 Å². The molecule has 0 aromatic heterocycles. The lowest BCUT2D eigenvalue weighted by Crippen LogP contribution is -2.26. The minimum atomic E-state index is -0.745. The highest BCUT2D eigenvalue weighted by atomic mass is 16.6. The summed E-state index contributed by atoms with van der Waals surface area (Å²) in [7, 11) is 0. The van der Waals surface area contributed by atoms with E-state index in [-0.39, 0.29) is 23.6 Å². The van der Waals surface area contributed by atoms with Crippen molar-refractivity contribution in [2.75, 3.05) is 6.61 Å². The molecule has 6 heteroatoms. The third-order valence-electron chi connectivity index (χ3n) is 2.81. The first kappa shape index (κ1) is 15.8. The molecule has 0 spiro atoms. The van der Waals surface area contributed by atoms with E-state index >= 15 is 0 Å². The molecule has 0 saturated carbocycles. The van der Waals surface area contributed by atoms with Crippen LogP contribution in [0.15, 0.2) is 18.2 Å². The summed E-state index contributed by atoms with van der Waals surface area (Å²) in [5.74, 6) is -0.960. The standard InChI is InChI=1S/C14H17NO5/c1-9-5-6-10(7-11(9)15(18)19)13(17)20-8-12(16)14(2,3)4/h5-7H,8H2,1-4H3. The number of benzene rings is 1. The highest BCUT2D eigenvalue weighted by molar-refractivity contribution is 5.93. The Bertz CT molecular complexity index is 557. The molecule has 0 aliphatic carbocycles. The number of nitrogens with zero attached hydrogens (tertiary/aromatic N) is 1. The normalized spacial score (nSPS) is 11.0. The molecule has 0 N–H and O–H groups in total. The van der Waals surface area contributed by atoms with Crippen molar-refractivity contribution in [3.8, 4) is 0 Å². The first-order valence-corrected chi connectivity index (χ1v) is 6.08. The van der Waals surface area contributed by atoms with Crippen LogP contribution in [0.2, 0.25) is 0 Å². The summed E-state index contributed by atoms with van der Waals surface area (Å²) < 4.78 is 4.88. The molecule has 0 amide bonds. The van der Waals surface area contributed by atoms with Gasteiger partial charge < -0.3 is 4.74 Å². The molecule has 0 heterocycles. The Morgan fingerprint density at radius 2 is 1.90 bits per heavy atom. The van der Waals surface area contributed by atoms with E-state index in [0.29, 0.717) is 5.56 Å². The fourth-order valence-electron chi connectivity index (χ4n) is 1.36. The zero-order valence-corrected chi connectivity index (χ0v) is 11.9. The zero-order chi connectivity index (χ0) is 15.5. The molecule has 0 saturated heterocycles. The van der Waals surface area contributed by atoms with E-state index in [4.69, 9.17) is 4.74 Å². The number of carbonyl (C=O) groups excluding carboxylic acids is 2. The lowest BCUT2D eigenvalue weighted by Gasteiger charge is -2.16. The SMILES string of the molecule is Cc1ccc(C(=O)OCC(=O)C(C)(C)C)cc1[N+](=O)[O-]. The number of nitro groups is 1. The zero-order valence-electron chi connectivity index (χ0n) is 11.9. The lowest BCUT2D eigenvalue weighted by molar-refractivity contribution is -0.385. The van der Waals surface area contributed by atoms with Gasteiger partial charge in [-0.05, 0) is 13.0 Å². The quantitative estimate of drug-likeness (QED) is 0.480. The van der Waals surface area contributed by atoms with Crippen molar-refractivity contribution in [2.24, 2.45) is 5.41 Å². The van der Waals surface area contributed by atoms with Crippen molar-refractivity contribution in [3.05, 3.63) is 39.4 Å². The summed E-state index contributed by atoms with van der Waals surface area (Å²) in [5, 5.41) is 10.8. The predicted octanol–water partition coefficient (Wildman–Crippen LogP) is 2.68. The molecule has 0 unspecified atom stereocenters. The Kier molecular flexibility index (Phi) is 4.60. The Morgan fingerprint density at radius 1 is 1.30 bits per heavy atom. The molecular weight excluding hydrogens is 262 g/mol. The number of aryl methyl sites for hydroxylation is 1. The number of rotatable bonds is 4. The molecule has 0 fully saturated rings. The van der Waals surface area contributed by atoms with Gasteiger partial charge in [0.2, 0.25) is 0 Å². The van der Waals surface area contributed by atoms with Crippen LogP contribution in [0, 0.1) is 22.5 Å². The molecule has 6 nitrogen and oxygen atoms in total. The monoisotopic (exact) mass is 279 g/mol. The van der Waals surface area contributed by atoms with Crippen molar-refractivity contribution in [1.29, 1.82) is 0 Å². The van der Waals surface area contributed by atoms with Crippen molar-refractivity contribution in [2.45, 2.75) is 27.7 Å². The van der Waals surface area contributed by atoms with Gasteiger partial charge in [0, 0.05) is 17.0 Å². The second kappa shape index (κ2) is 5.81. The van der Waals surface area contributed by atoms with Gasteiger partial charge in [0.05, 0.1) is 10.5 Å². The smallest absolute Gasteiger partial charge is 0.338 e. The van der Waals surface area contributed by atoms with Crippen molar-refractivity contribution in [3.63, 3.8) is 0 Å². The van der Waals surface area contributed by atoms with Crippen LogP contribution in [0.5, 0.6) is 0 Å². The minimum absolute atomic E-state index is 0.0593. The van der Waals surface area contributed by atoms with Gasteiger partial charge in [-0.15, -0.1) is 0 Å².